The van der Waals surface area contributed by atoms with Gasteiger partial charge in [0.25, 0.3) is 0 Å². The van der Waals surface area contributed by atoms with Crippen LogP contribution >= 0.6 is 27.3 Å². The molecule has 0 radical (unpaired) electrons. The van der Waals surface area contributed by atoms with Gasteiger partial charge in [0, 0.05) is 10.9 Å². The quantitative estimate of drug-likeness (QED) is 0.781. The van der Waals surface area contributed by atoms with Gasteiger partial charge in [0.2, 0.25) is 0 Å². The Balaban J connectivity index is 2.21. The van der Waals surface area contributed by atoms with E-state index in [0.717, 1.165) is 5.56 Å². The summed E-state index contributed by atoms with van der Waals surface area (Å²) in [6.07, 6.45) is 0.252. The number of rotatable bonds is 3. The molecule has 4 heteroatoms. The number of thiophene rings is 1. The van der Waals surface area contributed by atoms with Crippen molar-refractivity contribution in [2.45, 2.75) is 6.42 Å². The second-order valence-electron chi connectivity index (χ2n) is 3.36. The summed E-state index contributed by atoms with van der Waals surface area (Å²) in [6.45, 7) is 0. The average molecular weight is 299 g/mol. The molecule has 1 aromatic carbocycles. The lowest BCUT2D eigenvalue weighted by Crippen LogP contribution is -2.05. The maximum atomic E-state index is 13.5. The van der Waals surface area contributed by atoms with Gasteiger partial charge in [-0.2, -0.15) is 11.3 Å². The third kappa shape index (κ3) is 2.57. The van der Waals surface area contributed by atoms with Crippen molar-refractivity contribution in [1.29, 1.82) is 0 Å². The fourth-order valence-corrected chi connectivity index (χ4v) is 2.39. The number of hydrogen-bond donors (Lipinski definition) is 0. The molecular formula is C12H8BrFOS. The van der Waals surface area contributed by atoms with Gasteiger partial charge in [-0.05, 0) is 40.6 Å². The van der Waals surface area contributed by atoms with E-state index in [2.05, 4.69) is 15.9 Å². The van der Waals surface area contributed by atoms with Crippen molar-refractivity contribution in [3.05, 3.63) is 56.4 Å². The van der Waals surface area contributed by atoms with E-state index in [0.29, 0.717) is 4.47 Å². The highest BCUT2D eigenvalue weighted by Crippen LogP contribution is 2.17. The lowest BCUT2D eigenvalue weighted by molar-refractivity contribution is 0.0989. The Hall–Kier alpha value is -1.00. The number of Topliss-reactive ketones (excluding diaryl/α,β-unsaturated/α-hetero) is 1. The molecule has 0 spiro atoms. The Bertz CT molecular complexity index is 508. The molecule has 0 atom stereocenters. The van der Waals surface area contributed by atoms with Crippen molar-refractivity contribution in [3.63, 3.8) is 0 Å². The van der Waals surface area contributed by atoms with E-state index < -0.39 is 5.82 Å². The Labute approximate surface area is 105 Å². The zero-order chi connectivity index (χ0) is 11.5. The van der Waals surface area contributed by atoms with Crippen LogP contribution in [-0.4, -0.2) is 5.78 Å². The predicted octanol–water partition coefficient (Wildman–Crippen LogP) is 4.08. The Kier molecular flexibility index (Phi) is 3.51. The number of benzene rings is 1. The van der Waals surface area contributed by atoms with Gasteiger partial charge in [-0.15, -0.1) is 0 Å². The summed E-state index contributed by atoms with van der Waals surface area (Å²) in [7, 11) is 0. The first-order valence-electron chi connectivity index (χ1n) is 4.66. The molecule has 0 aliphatic rings. The maximum Gasteiger partial charge on any atom is 0.170 e. The number of ketones is 1. The lowest BCUT2D eigenvalue weighted by Gasteiger charge is -2.01. The molecule has 0 unspecified atom stereocenters. The minimum Gasteiger partial charge on any atom is -0.294 e. The van der Waals surface area contributed by atoms with Gasteiger partial charge in [0.1, 0.15) is 5.82 Å². The molecule has 0 N–H and O–H groups in total. The fourth-order valence-electron chi connectivity index (χ4n) is 1.39. The van der Waals surface area contributed by atoms with E-state index >= 15 is 0 Å². The largest absolute Gasteiger partial charge is 0.294 e. The van der Waals surface area contributed by atoms with E-state index in [1.807, 2.05) is 16.8 Å². The zero-order valence-electron chi connectivity index (χ0n) is 8.24. The second-order valence-corrected chi connectivity index (χ2v) is 5.05. The molecule has 1 heterocycles. The van der Waals surface area contributed by atoms with Crippen molar-refractivity contribution in [2.75, 3.05) is 0 Å². The van der Waals surface area contributed by atoms with Crippen LogP contribution in [0, 0.1) is 5.82 Å². The molecule has 0 saturated carbocycles. The van der Waals surface area contributed by atoms with Crippen molar-refractivity contribution < 1.29 is 9.18 Å². The van der Waals surface area contributed by atoms with Gasteiger partial charge >= 0.3 is 0 Å². The zero-order valence-corrected chi connectivity index (χ0v) is 10.6. The van der Waals surface area contributed by atoms with Crippen molar-refractivity contribution >= 4 is 33.0 Å². The molecule has 0 aliphatic heterocycles. The van der Waals surface area contributed by atoms with Gasteiger partial charge in [-0.3, -0.25) is 4.79 Å². The van der Waals surface area contributed by atoms with Crippen LogP contribution < -0.4 is 0 Å². The summed E-state index contributed by atoms with van der Waals surface area (Å²) < 4.78 is 14.1. The first-order valence-corrected chi connectivity index (χ1v) is 6.40. The minimum atomic E-state index is -0.477. The smallest absolute Gasteiger partial charge is 0.170 e. The predicted molar refractivity (Wildman–Crippen MR) is 66.5 cm³/mol. The maximum absolute atomic E-state index is 13.5. The first kappa shape index (κ1) is 11.5. The molecular weight excluding hydrogens is 291 g/mol. The average Bonchev–Trinajstić information content (AvgIpc) is 2.70. The molecule has 0 fully saturated rings. The van der Waals surface area contributed by atoms with Crippen LogP contribution in [-0.2, 0) is 6.42 Å². The molecule has 82 valence electrons. The molecule has 0 amide bonds. The van der Waals surface area contributed by atoms with Gasteiger partial charge < -0.3 is 0 Å². The van der Waals surface area contributed by atoms with Crippen LogP contribution in [0.15, 0.2) is 39.5 Å². The first-order chi connectivity index (χ1) is 7.66. The summed E-state index contributed by atoms with van der Waals surface area (Å²) >= 11 is 4.69. The van der Waals surface area contributed by atoms with E-state index in [9.17, 15) is 9.18 Å². The topological polar surface area (TPSA) is 17.1 Å². The molecule has 2 rings (SSSR count). The van der Waals surface area contributed by atoms with Gasteiger partial charge in [-0.1, -0.05) is 15.9 Å². The van der Waals surface area contributed by atoms with Crippen LogP contribution in [0.4, 0.5) is 4.39 Å². The van der Waals surface area contributed by atoms with E-state index in [1.54, 1.807) is 6.07 Å². The number of hydrogen-bond acceptors (Lipinski definition) is 2. The standard InChI is InChI=1S/C12H8BrFOS/c13-9-1-2-10(11(14)6-9)12(15)5-8-3-4-16-7-8/h1-4,6-7H,5H2. The Morgan fingerprint density at radius 1 is 1.38 bits per heavy atom. The lowest BCUT2D eigenvalue weighted by atomic mass is 10.0. The van der Waals surface area contributed by atoms with Crippen LogP contribution in [0.5, 0.6) is 0 Å². The molecule has 1 aromatic heterocycles. The highest BCUT2D eigenvalue weighted by Gasteiger charge is 2.12. The fraction of sp³-hybridized carbons (Fsp3) is 0.0833. The second kappa shape index (κ2) is 4.89. The van der Waals surface area contributed by atoms with Crippen LogP contribution in [0.2, 0.25) is 0 Å². The molecule has 0 aliphatic carbocycles. The van der Waals surface area contributed by atoms with Gasteiger partial charge in [0.15, 0.2) is 5.78 Å². The third-order valence-corrected chi connectivity index (χ3v) is 3.40. The van der Waals surface area contributed by atoms with Crippen LogP contribution in [0.25, 0.3) is 0 Å². The Morgan fingerprint density at radius 3 is 2.81 bits per heavy atom. The monoisotopic (exact) mass is 298 g/mol. The number of carbonyl (C=O) groups is 1. The normalized spacial score (nSPS) is 10.4. The van der Waals surface area contributed by atoms with Crippen molar-refractivity contribution in [3.8, 4) is 0 Å². The molecule has 16 heavy (non-hydrogen) atoms. The number of carbonyl (C=O) groups excluding carboxylic acids is 1. The molecule has 2 aromatic rings. The Morgan fingerprint density at radius 2 is 2.19 bits per heavy atom. The highest BCUT2D eigenvalue weighted by molar-refractivity contribution is 9.10. The summed E-state index contributed by atoms with van der Waals surface area (Å²) in [5.74, 6) is -0.669. The van der Waals surface area contributed by atoms with Crippen LogP contribution in [0.3, 0.4) is 0 Å². The summed E-state index contributed by atoms with van der Waals surface area (Å²) in [4.78, 5) is 11.8. The molecule has 1 nitrogen and oxygen atoms in total. The van der Waals surface area contributed by atoms with Gasteiger partial charge in [-0.25, -0.2) is 4.39 Å². The number of halogens is 2. The summed E-state index contributed by atoms with van der Waals surface area (Å²) in [5, 5.41) is 3.80. The van der Waals surface area contributed by atoms with E-state index in [1.165, 1.54) is 23.5 Å². The van der Waals surface area contributed by atoms with E-state index in [4.69, 9.17) is 0 Å². The van der Waals surface area contributed by atoms with Crippen molar-refractivity contribution in [1.82, 2.24) is 0 Å². The molecule has 0 bridgehead atoms. The molecule has 0 saturated heterocycles. The van der Waals surface area contributed by atoms with E-state index in [-0.39, 0.29) is 17.8 Å². The highest BCUT2D eigenvalue weighted by atomic mass is 79.9. The summed E-state index contributed by atoms with van der Waals surface area (Å²) in [6, 6.07) is 6.36. The SMILES string of the molecule is O=C(Cc1ccsc1)c1ccc(Br)cc1F. The minimum absolute atomic E-state index is 0.148. The van der Waals surface area contributed by atoms with Gasteiger partial charge in [0.05, 0.1) is 5.56 Å². The van der Waals surface area contributed by atoms with Crippen LogP contribution in [0.1, 0.15) is 15.9 Å². The summed E-state index contributed by atoms with van der Waals surface area (Å²) in [5.41, 5.74) is 1.08. The van der Waals surface area contributed by atoms with Crippen molar-refractivity contribution in [2.24, 2.45) is 0 Å². The third-order valence-electron chi connectivity index (χ3n) is 2.18.